The highest BCUT2D eigenvalue weighted by molar-refractivity contribution is 5.46. The third-order valence-corrected chi connectivity index (χ3v) is 3.94. The maximum Gasteiger partial charge on any atom is 0.164 e. The summed E-state index contributed by atoms with van der Waals surface area (Å²) in [4.78, 5) is 5.98. The molecule has 4 nitrogen and oxygen atoms in total. The quantitative estimate of drug-likeness (QED) is 0.760. The van der Waals surface area contributed by atoms with Gasteiger partial charge in [-0.25, -0.2) is 5.06 Å². The number of hydrogen-bond donors (Lipinski definition) is 0. The minimum absolute atomic E-state index is 0.0879. The first-order valence-electron chi connectivity index (χ1n) is 6.51. The van der Waals surface area contributed by atoms with Crippen molar-refractivity contribution in [2.75, 3.05) is 5.06 Å². The molecule has 96 valence electrons. The second-order valence-corrected chi connectivity index (χ2v) is 5.67. The molecular weight excluding hydrogens is 230 g/mol. The van der Waals surface area contributed by atoms with Gasteiger partial charge in [-0.15, -0.1) is 0 Å². The third-order valence-electron chi connectivity index (χ3n) is 3.94. The van der Waals surface area contributed by atoms with Gasteiger partial charge in [0, 0.05) is 6.42 Å². The zero-order valence-corrected chi connectivity index (χ0v) is 10.6. The number of hydrogen-bond acceptors (Lipinski definition) is 4. The fraction of sp³-hybridized carbons (Fsp3) is 0.571. The van der Waals surface area contributed by atoms with Crippen LogP contribution in [0.15, 0.2) is 30.3 Å². The minimum Gasteiger partial charge on any atom is -0.342 e. The SMILES string of the molecule is CC1(C)O[C@@H]2[C@H](O1)[C@@H]1C[C@H]2N(c2ccccc2)O1. The fourth-order valence-corrected chi connectivity index (χ4v) is 3.29. The number of fused-ring (bicyclic) bond motifs is 5. The van der Waals surface area contributed by atoms with Crippen LogP contribution in [0, 0.1) is 0 Å². The van der Waals surface area contributed by atoms with Crippen LogP contribution in [-0.2, 0) is 14.3 Å². The molecule has 0 unspecified atom stereocenters. The van der Waals surface area contributed by atoms with E-state index in [0.29, 0.717) is 0 Å². The van der Waals surface area contributed by atoms with Crippen molar-refractivity contribution in [3.8, 4) is 0 Å². The largest absolute Gasteiger partial charge is 0.342 e. The number of para-hydroxylation sites is 1. The van der Waals surface area contributed by atoms with Crippen LogP contribution in [0.5, 0.6) is 0 Å². The van der Waals surface area contributed by atoms with Crippen LogP contribution in [0.2, 0.25) is 0 Å². The van der Waals surface area contributed by atoms with Crippen molar-refractivity contribution in [2.45, 2.75) is 50.4 Å². The molecule has 1 aliphatic carbocycles. The summed E-state index contributed by atoms with van der Waals surface area (Å²) in [6.07, 6.45) is 1.33. The van der Waals surface area contributed by atoms with Crippen LogP contribution in [0.4, 0.5) is 5.69 Å². The van der Waals surface area contributed by atoms with Crippen molar-refractivity contribution in [1.29, 1.82) is 0 Å². The normalized spacial score (nSPS) is 40.2. The molecule has 2 aliphatic heterocycles. The summed E-state index contributed by atoms with van der Waals surface area (Å²) in [6, 6.07) is 10.5. The van der Waals surface area contributed by atoms with E-state index in [1.165, 1.54) is 0 Å². The summed E-state index contributed by atoms with van der Waals surface area (Å²) >= 11 is 0. The van der Waals surface area contributed by atoms with Crippen molar-refractivity contribution < 1.29 is 14.3 Å². The first-order chi connectivity index (χ1) is 8.64. The lowest BCUT2D eigenvalue weighted by Crippen LogP contribution is -2.47. The third kappa shape index (κ3) is 1.43. The second-order valence-electron chi connectivity index (χ2n) is 5.67. The van der Waals surface area contributed by atoms with Gasteiger partial charge in [0.15, 0.2) is 5.79 Å². The maximum absolute atomic E-state index is 6.01. The summed E-state index contributed by atoms with van der Waals surface area (Å²) < 4.78 is 11.9. The van der Waals surface area contributed by atoms with E-state index in [1.54, 1.807) is 0 Å². The predicted molar refractivity (Wildman–Crippen MR) is 66.0 cm³/mol. The molecule has 3 aliphatic rings. The van der Waals surface area contributed by atoms with E-state index in [9.17, 15) is 0 Å². The summed E-state index contributed by atoms with van der Waals surface area (Å²) in [5.41, 5.74) is 1.09. The summed E-state index contributed by atoms with van der Waals surface area (Å²) in [6.45, 7) is 3.94. The molecule has 4 rings (SSSR count). The van der Waals surface area contributed by atoms with Crippen molar-refractivity contribution in [2.24, 2.45) is 0 Å². The van der Waals surface area contributed by atoms with Gasteiger partial charge >= 0.3 is 0 Å². The molecule has 4 heteroatoms. The molecule has 0 amide bonds. The van der Waals surface area contributed by atoms with E-state index in [2.05, 4.69) is 12.1 Å². The number of ether oxygens (including phenoxy) is 2. The van der Waals surface area contributed by atoms with E-state index in [0.717, 1.165) is 12.1 Å². The highest BCUT2D eigenvalue weighted by atomic mass is 16.8. The smallest absolute Gasteiger partial charge is 0.164 e. The van der Waals surface area contributed by atoms with E-state index in [1.807, 2.05) is 37.1 Å². The van der Waals surface area contributed by atoms with Crippen molar-refractivity contribution in [1.82, 2.24) is 0 Å². The van der Waals surface area contributed by atoms with Crippen LogP contribution in [-0.4, -0.2) is 30.1 Å². The molecule has 0 N–H and O–H groups in total. The molecule has 18 heavy (non-hydrogen) atoms. The average molecular weight is 247 g/mol. The Kier molecular flexibility index (Phi) is 2.08. The summed E-state index contributed by atoms with van der Waals surface area (Å²) in [5.74, 6) is -0.484. The second kappa shape index (κ2) is 3.47. The Hall–Kier alpha value is -1.10. The van der Waals surface area contributed by atoms with Crippen molar-refractivity contribution in [3.05, 3.63) is 30.3 Å². The molecule has 2 bridgehead atoms. The average Bonchev–Trinajstić information content (AvgIpc) is 2.98. The van der Waals surface area contributed by atoms with Gasteiger partial charge in [-0.1, -0.05) is 18.2 Å². The van der Waals surface area contributed by atoms with Gasteiger partial charge in [-0.05, 0) is 26.0 Å². The first kappa shape index (κ1) is 10.8. The number of anilines is 1. The van der Waals surface area contributed by atoms with Gasteiger partial charge in [0.05, 0.1) is 11.7 Å². The van der Waals surface area contributed by atoms with Crippen LogP contribution in [0.1, 0.15) is 20.3 Å². The zero-order chi connectivity index (χ0) is 12.3. The summed E-state index contributed by atoms with van der Waals surface area (Å²) in [7, 11) is 0. The minimum atomic E-state index is -0.484. The number of nitrogens with zero attached hydrogens (tertiary/aromatic N) is 1. The van der Waals surface area contributed by atoms with Crippen LogP contribution >= 0.6 is 0 Å². The molecule has 0 spiro atoms. The molecule has 1 aromatic carbocycles. The summed E-state index contributed by atoms with van der Waals surface area (Å²) in [5, 5.41) is 2.00. The monoisotopic (exact) mass is 247 g/mol. The van der Waals surface area contributed by atoms with E-state index < -0.39 is 5.79 Å². The van der Waals surface area contributed by atoms with Gasteiger partial charge in [-0.2, -0.15) is 0 Å². The molecule has 2 heterocycles. The highest BCUT2D eigenvalue weighted by Crippen LogP contribution is 2.47. The molecule has 0 radical (unpaired) electrons. The Bertz CT molecular complexity index is 461. The van der Waals surface area contributed by atoms with Gasteiger partial charge in [0.2, 0.25) is 0 Å². The first-order valence-corrected chi connectivity index (χ1v) is 6.51. The molecule has 1 aromatic rings. The molecule has 2 saturated heterocycles. The predicted octanol–water partition coefficient (Wildman–Crippen LogP) is 2.10. The van der Waals surface area contributed by atoms with Crippen LogP contribution in [0.25, 0.3) is 0 Å². The van der Waals surface area contributed by atoms with Crippen molar-refractivity contribution in [3.63, 3.8) is 0 Å². The lowest BCUT2D eigenvalue weighted by atomic mass is 10.1. The lowest BCUT2D eigenvalue weighted by molar-refractivity contribution is -0.156. The maximum atomic E-state index is 6.01. The zero-order valence-electron chi connectivity index (χ0n) is 10.6. The fourth-order valence-electron chi connectivity index (χ4n) is 3.29. The standard InChI is InChI=1S/C14H17NO3/c1-14(2)16-12-10-8-11(13(12)17-14)18-15(10)9-6-4-3-5-7-9/h3-7,10-13H,8H2,1-2H3/t10-,11+,12+,13-/m1/s1. The number of rotatable bonds is 1. The van der Waals surface area contributed by atoms with Crippen LogP contribution in [0.3, 0.4) is 0 Å². The van der Waals surface area contributed by atoms with Crippen molar-refractivity contribution >= 4 is 5.69 Å². The van der Waals surface area contributed by atoms with E-state index in [4.69, 9.17) is 14.3 Å². The van der Waals surface area contributed by atoms with Gasteiger partial charge in [-0.3, -0.25) is 4.84 Å². The van der Waals surface area contributed by atoms with Crippen LogP contribution < -0.4 is 5.06 Å². The van der Waals surface area contributed by atoms with Gasteiger partial charge < -0.3 is 9.47 Å². The molecule has 0 aromatic heterocycles. The Morgan fingerprint density at radius 2 is 1.83 bits per heavy atom. The van der Waals surface area contributed by atoms with E-state index >= 15 is 0 Å². The number of hydroxylamine groups is 1. The topological polar surface area (TPSA) is 30.9 Å². The lowest BCUT2D eigenvalue weighted by Gasteiger charge is -2.33. The molecular formula is C14H17NO3. The Morgan fingerprint density at radius 3 is 2.61 bits per heavy atom. The highest BCUT2D eigenvalue weighted by Gasteiger charge is 2.61. The van der Waals surface area contributed by atoms with E-state index in [-0.39, 0.29) is 24.4 Å². The van der Waals surface area contributed by atoms with Gasteiger partial charge in [0.1, 0.15) is 18.3 Å². The Labute approximate surface area is 106 Å². The van der Waals surface area contributed by atoms with Gasteiger partial charge in [0.25, 0.3) is 0 Å². The Balaban J connectivity index is 1.62. The number of benzene rings is 1. The Morgan fingerprint density at radius 1 is 1.11 bits per heavy atom. The molecule has 1 saturated carbocycles. The molecule has 4 atom stereocenters. The molecule has 3 fully saturated rings.